The maximum Gasteiger partial charge on any atom is 0.239 e. The molecular weight excluding hydrogens is 263 g/mol. The molecule has 7 heteroatoms. The van der Waals surface area contributed by atoms with Crippen LogP contribution in [0.25, 0.3) is 0 Å². The van der Waals surface area contributed by atoms with Crippen LogP contribution in [0, 0.1) is 0 Å². The summed E-state index contributed by atoms with van der Waals surface area (Å²) in [6.45, 7) is 0.175. The van der Waals surface area contributed by atoms with E-state index in [9.17, 15) is 4.79 Å². The number of carbonyl (C=O) groups excluding carboxylic acids is 1. The van der Waals surface area contributed by atoms with E-state index >= 15 is 0 Å². The third-order valence-electron chi connectivity index (χ3n) is 2.17. The van der Waals surface area contributed by atoms with Crippen LogP contribution < -0.4 is 15.5 Å². The van der Waals surface area contributed by atoms with Gasteiger partial charge in [-0.3, -0.25) is 4.79 Å². The number of hydrogen-bond donors (Lipinski definition) is 2. The zero-order valence-corrected chi connectivity index (χ0v) is 11.4. The molecule has 5 nitrogen and oxygen atoms in total. The second-order valence-electron chi connectivity index (χ2n) is 3.40. The minimum absolute atomic E-state index is 0.119. The topological polar surface area (TPSA) is 57.3 Å². The van der Waals surface area contributed by atoms with Crippen molar-refractivity contribution < 1.29 is 4.79 Å². The maximum atomic E-state index is 11.3. The van der Waals surface area contributed by atoms with Crippen LogP contribution in [0.1, 0.15) is 0 Å². The third-order valence-corrected chi connectivity index (χ3v) is 2.74. The van der Waals surface area contributed by atoms with E-state index in [1.54, 1.807) is 32.1 Å². The Bertz CT molecular complexity index is 425. The highest BCUT2D eigenvalue weighted by Crippen LogP contribution is 2.30. The van der Waals surface area contributed by atoms with E-state index in [0.29, 0.717) is 21.7 Å². The molecule has 1 heterocycles. The first-order valence-electron chi connectivity index (χ1n) is 4.95. The lowest BCUT2D eigenvalue weighted by atomic mass is 10.4. The number of hydrogen-bond acceptors (Lipinski definition) is 4. The highest BCUT2D eigenvalue weighted by molar-refractivity contribution is 6.37. The number of anilines is 2. The quantitative estimate of drug-likeness (QED) is 0.878. The van der Waals surface area contributed by atoms with E-state index in [1.807, 2.05) is 0 Å². The number of rotatable bonds is 4. The molecule has 0 aliphatic rings. The number of pyridine rings is 1. The Kier molecular flexibility index (Phi) is 4.84. The normalized spacial score (nSPS) is 9.94. The van der Waals surface area contributed by atoms with Gasteiger partial charge in [-0.2, -0.15) is 0 Å². The Hall–Kier alpha value is -1.20. The van der Waals surface area contributed by atoms with Crippen LogP contribution in [-0.2, 0) is 4.79 Å². The number of halogens is 2. The Morgan fingerprint density at radius 2 is 2.06 bits per heavy atom. The third kappa shape index (κ3) is 3.38. The van der Waals surface area contributed by atoms with E-state index in [0.717, 1.165) is 0 Å². The molecule has 0 spiro atoms. The Labute approximate surface area is 110 Å². The summed E-state index contributed by atoms with van der Waals surface area (Å²) in [7, 11) is 5.02. The Morgan fingerprint density at radius 3 is 2.59 bits per heavy atom. The van der Waals surface area contributed by atoms with Gasteiger partial charge in [-0.25, -0.2) is 4.98 Å². The lowest BCUT2D eigenvalue weighted by molar-refractivity contribution is -0.119. The second kappa shape index (κ2) is 5.93. The first kappa shape index (κ1) is 13.9. The van der Waals surface area contributed by atoms with Gasteiger partial charge in [0.25, 0.3) is 0 Å². The molecule has 0 aliphatic heterocycles. The van der Waals surface area contributed by atoms with Crippen LogP contribution in [0.2, 0.25) is 10.0 Å². The molecule has 0 bridgehead atoms. The standard InChI is InChI=1S/C10H14Cl2N4O/c1-13-8(17)5-16(3)10-7(12)4-6(11)9(14-2)15-10/h4H,5H2,1-3H3,(H,13,17)(H,14,15). The SMILES string of the molecule is CNC(=O)CN(C)c1nc(NC)c(Cl)cc1Cl. The van der Waals surface area contributed by atoms with Crippen LogP contribution in [0.4, 0.5) is 11.6 Å². The van der Waals surface area contributed by atoms with Crippen LogP contribution in [0.3, 0.4) is 0 Å². The summed E-state index contributed by atoms with van der Waals surface area (Å²) in [5, 5.41) is 6.23. The van der Waals surface area contributed by atoms with Gasteiger partial charge in [-0.05, 0) is 6.07 Å². The van der Waals surface area contributed by atoms with Gasteiger partial charge < -0.3 is 15.5 Å². The first-order valence-corrected chi connectivity index (χ1v) is 5.70. The maximum absolute atomic E-state index is 11.3. The van der Waals surface area contributed by atoms with Crippen molar-refractivity contribution >= 4 is 40.7 Å². The van der Waals surface area contributed by atoms with Crippen molar-refractivity contribution in [2.75, 3.05) is 37.9 Å². The molecule has 94 valence electrons. The fourth-order valence-electron chi connectivity index (χ4n) is 1.27. The molecule has 0 fully saturated rings. The molecule has 0 atom stereocenters. The van der Waals surface area contributed by atoms with Gasteiger partial charge in [0, 0.05) is 21.1 Å². The van der Waals surface area contributed by atoms with Gasteiger partial charge in [-0.15, -0.1) is 0 Å². The number of carbonyl (C=O) groups is 1. The molecule has 0 radical (unpaired) electrons. The summed E-state index contributed by atoms with van der Waals surface area (Å²) in [5.41, 5.74) is 0. The van der Waals surface area contributed by atoms with Crippen molar-refractivity contribution in [2.45, 2.75) is 0 Å². The number of aromatic nitrogens is 1. The van der Waals surface area contributed by atoms with Crippen LogP contribution >= 0.6 is 23.2 Å². The smallest absolute Gasteiger partial charge is 0.239 e. The van der Waals surface area contributed by atoms with E-state index < -0.39 is 0 Å². The van der Waals surface area contributed by atoms with Crippen LogP contribution in [-0.4, -0.2) is 38.6 Å². The van der Waals surface area contributed by atoms with E-state index in [-0.39, 0.29) is 12.5 Å². The molecule has 0 aliphatic carbocycles. The summed E-state index contributed by atoms with van der Waals surface area (Å²) in [6.07, 6.45) is 0. The Morgan fingerprint density at radius 1 is 1.41 bits per heavy atom. The lowest BCUT2D eigenvalue weighted by Gasteiger charge is -2.19. The Balaban J connectivity index is 3.00. The van der Waals surface area contributed by atoms with Gasteiger partial charge in [0.15, 0.2) is 0 Å². The van der Waals surface area contributed by atoms with E-state index in [4.69, 9.17) is 23.2 Å². The monoisotopic (exact) mass is 276 g/mol. The molecule has 1 aromatic heterocycles. The molecular formula is C10H14Cl2N4O. The van der Waals surface area contributed by atoms with Gasteiger partial charge in [0.05, 0.1) is 16.6 Å². The van der Waals surface area contributed by atoms with E-state index in [1.165, 1.54) is 0 Å². The van der Waals surface area contributed by atoms with Crippen molar-refractivity contribution in [3.63, 3.8) is 0 Å². The molecule has 0 unspecified atom stereocenters. The van der Waals surface area contributed by atoms with Crippen molar-refractivity contribution in [3.05, 3.63) is 16.1 Å². The molecule has 2 N–H and O–H groups in total. The van der Waals surface area contributed by atoms with Gasteiger partial charge in [0.2, 0.25) is 5.91 Å². The molecule has 17 heavy (non-hydrogen) atoms. The predicted octanol–water partition coefficient (Wildman–Crippen LogP) is 1.61. The van der Waals surface area contributed by atoms with Gasteiger partial charge >= 0.3 is 0 Å². The molecule has 0 aromatic carbocycles. The molecule has 0 saturated carbocycles. The zero-order valence-electron chi connectivity index (χ0n) is 9.84. The minimum atomic E-state index is -0.119. The number of nitrogens with zero attached hydrogens (tertiary/aromatic N) is 2. The lowest BCUT2D eigenvalue weighted by Crippen LogP contribution is -2.33. The molecule has 1 rings (SSSR count). The van der Waals surface area contributed by atoms with Gasteiger partial charge in [0.1, 0.15) is 11.6 Å². The van der Waals surface area contributed by atoms with Crippen LogP contribution in [0.5, 0.6) is 0 Å². The summed E-state index contributed by atoms with van der Waals surface area (Å²) in [6, 6.07) is 1.59. The number of amides is 1. The molecule has 0 saturated heterocycles. The summed E-state index contributed by atoms with van der Waals surface area (Å²) in [4.78, 5) is 17.2. The van der Waals surface area contributed by atoms with Crippen molar-refractivity contribution in [3.8, 4) is 0 Å². The van der Waals surface area contributed by atoms with Crippen molar-refractivity contribution in [1.82, 2.24) is 10.3 Å². The van der Waals surface area contributed by atoms with Gasteiger partial charge in [-0.1, -0.05) is 23.2 Å². The summed E-state index contributed by atoms with van der Waals surface area (Å²) < 4.78 is 0. The highest BCUT2D eigenvalue weighted by atomic mass is 35.5. The van der Waals surface area contributed by atoms with Crippen molar-refractivity contribution in [2.24, 2.45) is 0 Å². The summed E-state index contributed by atoms with van der Waals surface area (Å²) in [5.74, 6) is 0.908. The molecule has 1 aromatic rings. The largest absolute Gasteiger partial charge is 0.372 e. The van der Waals surface area contributed by atoms with Crippen molar-refractivity contribution in [1.29, 1.82) is 0 Å². The van der Waals surface area contributed by atoms with Crippen LogP contribution in [0.15, 0.2) is 6.07 Å². The number of nitrogens with one attached hydrogen (secondary N) is 2. The zero-order chi connectivity index (χ0) is 13.0. The average Bonchev–Trinajstić information content (AvgIpc) is 2.28. The second-order valence-corrected chi connectivity index (χ2v) is 4.22. The summed E-state index contributed by atoms with van der Waals surface area (Å²) >= 11 is 12.0. The fraction of sp³-hybridized carbons (Fsp3) is 0.400. The minimum Gasteiger partial charge on any atom is -0.372 e. The predicted molar refractivity (Wildman–Crippen MR) is 71.1 cm³/mol. The molecule has 1 amide bonds. The first-order chi connectivity index (χ1) is 7.99. The van der Waals surface area contributed by atoms with E-state index in [2.05, 4.69) is 15.6 Å². The highest BCUT2D eigenvalue weighted by Gasteiger charge is 2.14. The average molecular weight is 277 g/mol. The fourth-order valence-corrected chi connectivity index (χ4v) is 1.87. The number of likely N-dealkylation sites (N-methyl/N-ethyl adjacent to an activating group) is 2.